The van der Waals surface area contributed by atoms with Gasteiger partial charge in [0.05, 0.1) is 16.1 Å². The van der Waals surface area contributed by atoms with Crippen LogP contribution in [0.3, 0.4) is 0 Å². The molecule has 3 aromatic rings. The van der Waals surface area contributed by atoms with Gasteiger partial charge in [-0.1, -0.05) is 54.1 Å². The van der Waals surface area contributed by atoms with Crippen molar-refractivity contribution in [2.24, 2.45) is 0 Å². The Morgan fingerprint density at radius 3 is 2.13 bits per heavy atom. The van der Waals surface area contributed by atoms with Crippen LogP contribution in [0.1, 0.15) is 27.0 Å². The SMILES string of the molecule is Cc1ccc(S(=O)(=O)Nc2ccc(Cc3ccccc3)cc2C(=O)C(F)(F)F)cc1. The summed E-state index contributed by atoms with van der Waals surface area (Å²) < 4.78 is 66.8. The molecule has 0 fully saturated rings. The van der Waals surface area contributed by atoms with Gasteiger partial charge in [-0.3, -0.25) is 9.52 Å². The Kier molecular flexibility index (Phi) is 5.98. The minimum Gasteiger partial charge on any atom is -0.284 e. The number of alkyl halides is 3. The molecule has 0 aromatic heterocycles. The number of nitrogens with one attached hydrogen (secondary N) is 1. The molecule has 0 heterocycles. The smallest absolute Gasteiger partial charge is 0.284 e. The molecule has 0 bridgehead atoms. The molecule has 0 amide bonds. The predicted molar refractivity (Wildman–Crippen MR) is 108 cm³/mol. The fourth-order valence-corrected chi connectivity index (χ4v) is 3.96. The van der Waals surface area contributed by atoms with Gasteiger partial charge in [0.1, 0.15) is 0 Å². The maximum Gasteiger partial charge on any atom is 0.454 e. The van der Waals surface area contributed by atoms with Crippen LogP contribution < -0.4 is 4.72 Å². The van der Waals surface area contributed by atoms with E-state index in [2.05, 4.69) is 4.72 Å². The molecule has 0 aliphatic heterocycles. The first-order valence-corrected chi connectivity index (χ1v) is 10.4. The van der Waals surface area contributed by atoms with Gasteiger partial charge >= 0.3 is 6.18 Å². The summed E-state index contributed by atoms with van der Waals surface area (Å²) in [5.74, 6) is -2.11. The highest BCUT2D eigenvalue weighted by molar-refractivity contribution is 7.92. The molecule has 1 N–H and O–H groups in total. The van der Waals surface area contributed by atoms with Crippen LogP contribution in [0.4, 0.5) is 18.9 Å². The molecule has 0 radical (unpaired) electrons. The summed E-state index contributed by atoms with van der Waals surface area (Å²) in [5.41, 5.74) is 0.955. The molecule has 30 heavy (non-hydrogen) atoms. The highest BCUT2D eigenvalue weighted by atomic mass is 32.2. The molecule has 0 aliphatic rings. The van der Waals surface area contributed by atoms with Crippen molar-refractivity contribution in [3.05, 3.63) is 95.1 Å². The van der Waals surface area contributed by atoms with Crippen molar-refractivity contribution >= 4 is 21.5 Å². The minimum absolute atomic E-state index is 0.119. The van der Waals surface area contributed by atoms with Crippen LogP contribution in [-0.2, 0) is 16.4 Å². The summed E-state index contributed by atoms with van der Waals surface area (Å²) in [5, 5.41) is 0. The van der Waals surface area contributed by atoms with E-state index in [0.29, 0.717) is 12.0 Å². The maximum absolute atomic E-state index is 13.1. The number of aryl methyl sites for hydroxylation is 1. The van der Waals surface area contributed by atoms with Crippen LogP contribution in [0.25, 0.3) is 0 Å². The van der Waals surface area contributed by atoms with Gasteiger partial charge in [-0.2, -0.15) is 13.2 Å². The van der Waals surface area contributed by atoms with E-state index in [1.807, 2.05) is 6.07 Å². The number of ketones is 1. The van der Waals surface area contributed by atoms with Gasteiger partial charge in [0.2, 0.25) is 0 Å². The number of hydrogen-bond acceptors (Lipinski definition) is 3. The summed E-state index contributed by atoms with van der Waals surface area (Å²) in [6.45, 7) is 1.77. The molecule has 3 aromatic carbocycles. The second-order valence-corrected chi connectivity index (χ2v) is 8.47. The number of rotatable bonds is 6. The second kappa shape index (κ2) is 8.31. The number of carbonyl (C=O) groups excluding carboxylic acids is 1. The average molecular weight is 433 g/mol. The summed E-state index contributed by atoms with van der Waals surface area (Å²) in [6.07, 6.45) is -4.85. The van der Waals surface area contributed by atoms with Crippen molar-refractivity contribution in [1.29, 1.82) is 0 Å². The molecule has 0 atom stereocenters. The molecule has 4 nitrogen and oxygen atoms in total. The average Bonchev–Trinajstić information content (AvgIpc) is 2.69. The van der Waals surface area contributed by atoms with Crippen LogP contribution in [0.5, 0.6) is 0 Å². The zero-order valence-corrected chi connectivity index (χ0v) is 16.7. The molecule has 0 spiro atoms. The Balaban J connectivity index is 2.00. The Labute approximate surface area is 172 Å². The normalized spacial score (nSPS) is 11.9. The van der Waals surface area contributed by atoms with Crippen molar-refractivity contribution in [3.8, 4) is 0 Å². The number of benzene rings is 3. The number of hydrogen-bond donors (Lipinski definition) is 1. The molecule has 156 valence electrons. The van der Waals surface area contributed by atoms with E-state index in [4.69, 9.17) is 0 Å². The lowest BCUT2D eigenvalue weighted by Crippen LogP contribution is -2.25. The Morgan fingerprint density at radius 2 is 1.53 bits per heavy atom. The van der Waals surface area contributed by atoms with Gasteiger partial charge < -0.3 is 0 Å². The quantitative estimate of drug-likeness (QED) is 0.548. The summed E-state index contributed by atoms with van der Waals surface area (Å²) in [7, 11) is -4.17. The zero-order chi connectivity index (χ0) is 21.9. The largest absolute Gasteiger partial charge is 0.454 e. The van der Waals surface area contributed by atoms with Gasteiger partial charge in [0, 0.05) is 0 Å². The number of sulfonamides is 1. The lowest BCUT2D eigenvalue weighted by molar-refractivity contribution is -0.0884. The van der Waals surface area contributed by atoms with E-state index in [-0.39, 0.29) is 4.90 Å². The third-order valence-electron chi connectivity index (χ3n) is 4.41. The second-order valence-electron chi connectivity index (χ2n) is 6.79. The highest BCUT2D eigenvalue weighted by Crippen LogP contribution is 2.29. The number of Topliss-reactive ketones (excluding diaryl/α,β-unsaturated/α-hetero) is 1. The van der Waals surface area contributed by atoms with Crippen LogP contribution >= 0.6 is 0 Å². The third kappa shape index (κ3) is 5.07. The van der Waals surface area contributed by atoms with E-state index >= 15 is 0 Å². The molecular weight excluding hydrogens is 415 g/mol. The molecule has 0 saturated carbocycles. The zero-order valence-electron chi connectivity index (χ0n) is 15.9. The minimum atomic E-state index is -5.14. The van der Waals surface area contributed by atoms with Gasteiger partial charge in [-0.25, -0.2) is 8.42 Å². The first-order valence-electron chi connectivity index (χ1n) is 8.94. The van der Waals surface area contributed by atoms with Gasteiger partial charge in [0.15, 0.2) is 0 Å². The molecule has 0 unspecified atom stereocenters. The summed E-state index contributed by atoms with van der Waals surface area (Å²) >= 11 is 0. The standard InChI is InChI=1S/C22H18F3NO3S/c1-15-7-10-18(11-8-15)30(28,29)26-20-12-9-17(13-16-5-3-2-4-6-16)14-19(20)21(27)22(23,24)25/h2-12,14,26H,13H2,1H3. The maximum atomic E-state index is 13.1. The van der Waals surface area contributed by atoms with E-state index < -0.39 is 33.2 Å². The van der Waals surface area contributed by atoms with Gasteiger partial charge in [-0.05, 0) is 48.7 Å². The Bertz CT molecular complexity index is 1160. The molecule has 0 saturated heterocycles. The van der Waals surface area contributed by atoms with Crippen LogP contribution in [0, 0.1) is 6.92 Å². The predicted octanol–water partition coefficient (Wildman–Crippen LogP) is 5.13. The van der Waals surface area contributed by atoms with Crippen molar-refractivity contribution in [2.45, 2.75) is 24.4 Å². The van der Waals surface area contributed by atoms with Crippen LogP contribution in [0.15, 0.2) is 77.7 Å². The first kappa shape index (κ1) is 21.6. The van der Waals surface area contributed by atoms with Crippen molar-refractivity contribution in [1.82, 2.24) is 0 Å². The number of halogens is 3. The fraction of sp³-hybridized carbons (Fsp3) is 0.136. The molecule has 0 aliphatic carbocycles. The Hall–Kier alpha value is -3.13. The van der Waals surface area contributed by atoms with E-state index in [1.54, 1.807) is 43.3 Å². The lowest BCUT2D eigenvalue weighted by Gasteiger charge is -2.15. The summed E-state index contributed by atoms with van der Waals surface area (Å²) in [4.78, 5) is 11.9. The van der Waals surface area contributed by atoms with Crippen molar-refractivity contribution in [3.63, 3.8) is 0 Å². The molecular formula is C22H18F3NO3S. The Morgan fingerprint density at radius 1 is 0.900 bits per heavy atom. The van der Waals surface area contributed by atoms with E-state index in [1.165, 1.54) is 24.3 Å². The topological polar surface area (TPSA) is 63.2 Å². The van der Waals surface area contributed by atoms with Crippen LogP contribution in [-0.4, -0.2) is 20.4 Å². The van der Waals surface area contributed by atoms with Crippen molar-refractivity contribution in [2.75, 3.05) is 4.72 Å². The number of anilines is 1. The fourth-order valence-electron chi connectivity index (χ4n) is 2.88. The molecule has 3 rings (SSSR count). The van der Waals surface area contributed by atoms with Gasteiger partial charge in [0.25, 0.3) is 15.8 Å². The first-order chi connectivity index (χ1) is 14.1. The summed E-state index contributed by atoms with van der Waals surface area (Å²) in [6, 6.07) is 18.6. The van der Waals surface area contributed by atoms with Gasteiger partial charge in [-0.15, -0.1) is 0 Å². The third-order valence-corrected chi connectivity index (χ3v) is 5.79. The van der Waals surface area contributed by atoms with Crippen molar-refractivity contribution < 1.29 is 26.4 Å². The van der Waals surface area contributed by atoms with Crippen LogP contribution in [0.2, 0.25) is 0 Å². The lowest BCUT2D eigenvalue weighted by atomic mass is 9.99. The molecule has 8 heteroatoms. The van der Waals surface area contributed by atoms with E-state index in [0.717, 1.165) is 17.2 Å². The highest BCUT2D eigenvalue weighted by Gasteiger charge is 2.41. The van der Waals surface area contributed by atoms with E-state index in [9.17, 15) is 26.4 Å². The number of carbonyl (C=O) groups is 1. The monoisotopic (exact) mass is 433 g/mol.